The van der Waals surface area contributed by atoms with E-state index in [-0.39, 0.29) is 24.7 Å². The summed E-state index contributed by atoms with van der Waals surface area (Å²) in [6.07, 6.45) is 1.75. The van der Waals surface area contributed by atoms with Crippen LogP contribution in [0.15, 0.2) is 61.9 Å². The first kappa shape index (κ1) is 32.5. The topological polar surface area (TPSA) is 118 Å². The van der Waals surface area contributed by atoms with Crippen LogP contribution < -0.4 is 29.1 Å². The monoisotopic (exact) mass is 699 g/mol. The minimum absolute atomic E-state index is 0.123. The molecule has 1 fully saturated rings. The van der Waals surface area contributed by atoms with Crippen LogP contribution in [0.25, 0.3) is 6.08 Å². The minimum Gasteiger partial charge on any atom is -0.496 e. The van der Waals surface area contributed by atoms with Gasteiger partial charge < -0.3 is 28.6 Å². The molecule has 5 rings (SSSR count). The molecule has 0 bridgehead atoms. The van der Waals surface area contributed by atoms with E-state index in [2.05, 4.69) is 20.9 Å². The van der Waals surface area contributed by atoms with Gasteiger partial charge in [0.1, 0.15) is 5.75 Å². The Balaban J connectivity index is 1.52. The van der Waals surface area contributed by atoms with Crippen LogP contribution in [-0.2, 0) is 19.1 Å². The van der Waals surface area contributed by atoms with E-state index in [0.717, 1.165) is 0 Å². The maximum Gasteiger partial charge on any atom is 0.338 e. The van der Waals surface area contributed by atoms with Crippen LogP contribution in [0.4, 0.5) is 0 Å². The zero-order chi connectivity index (χ0) is 32.1. The van der Waals surface area contributed by atoms with Gasteiger partial charge in [-0.05, 0) is 78.2 Å². The summed E-state index contributed by atoms with van der Waals surface area (Å²) in [7, 11) is 1.57. The Labute approximate surface area is 272 Å². The molecule has 2 aliphatic rings. The molecule has 0 radical (unpaired) electrons. The molecule has 0 unspecified atom stereocenters. The number of rotatable bonds is 10. The maximum absolute atomic E-state index is 14.0. The Kier molecular flexibility index (Phi) is 10.4. The highest BCUT2D eigenvalue weighted by Crippen LogP contribution is 2.35. The number of carbonyl (C=O) groups excluding carboxylic acids is 2. The number of morpholine rings is 1. The molecule has 13 heteroatoms. The summed E-state index contributed by atoms with van der Waals surface area (Å²) in [5.74, 6) is 0.843. The van der Waals surface area contributed by atoms with Gasteiger partial charge >= 0.3 is 5.97 Å². The van der Waals surface area contributed by atoms with Crippen molar-refractivity contribution in [2.45, 2.75) is 26.8 Å². The van der Waals surface area contributed by atoms with Crippen LogP contribution in [0.2, 0.25) is 0 Å². The van der Waals surface area contributed by atoms with Crippen molar-refractivity contribution in [1.82, 2.24) is 9.47 Å². The number of hydrogen-bond acceptors (Lipinski definition) is 10. The van der Waals surface area contributed by atoms with E-state index in [1.54, 1.807) is 56.2 Å². The number of benzene rings is 2. The molecule has 2 aromatic carbocycles. The van der Waals surface area contributed by atoms with Crippen molar-refractivity contribution >= 4 is 45.2 Å². The van der Waals surface area contributed by atoms with E-state index in [0.29, 0.717) is 86.4 Å². The Morgan fingerprint density at radius 1 is 1.07 bits per heavy atom. The van der Waals surface area contributed by atoms with Gasteiger partial charge in [-0.15, -0.1) is 0 Å². The third-order valence-corrected chi connectivity index (χ3v) is 8.89. The molecule has 0 aliphatic carbocycles. The second kappa shape index (κ2) is 14.4. The van der Waals surface area contributed by atoms with Crippen molar-refractivity contribution in [3.05, 3.63) is 83.0 Å². The molecule has 2 aliphatic heterocycles. The number of amides is 1. The third kappa shape index (κ3) is 7.00. The molecule has 1 aromatic heterocycles. The largest absolute Gasteiger partial charge is 0.496 e. The summed E-state index contributed by atoms with van der Waals surface area (Å²) >= 11 is 4.75. The first-order valence-electron chi connectivity index (χ1n) is 14.5. The predicted molar refractivity (Wildman–Crippen MR) is 172 cm³/mol. The molecule has 0 saturated carbocycles. The summed E-state index contributed by atoms with van der Waals surface area (Å²) in [4.78, 5) is 46.6. The first-order valence-corrected chi connectivity index (χ1v) is 16.1. The van der Waals surface area contributed by atoms with Crippen LogP contribution in [0.1, 0.15) is 37.9 Å². The zero-order valence-corrected chi connectivity index (χ0v) is 27.9. The van der Waals surface area contributed by atoms with Crippen molar-refractivity contribution in [1.29, 1.82) is 0 Å². The lowest BCUT2D eigenvalue weighted by molar-refractivity contribution is -0.139. The minimum atomic E-state index is -0.761. The molecular formula is C32H34BrN3O8S. The van der Waals surface area contributed by atoms with Crippen molar-refractivity contribution in [3.63, 3.8) is 0 Å². The van der Waals surface area contributed by atoms with E-state index >= 15 is 0 Å². The van der Waals surface area contributed by atoms with Gasteiger partial charge in [0.05, 0.1) is 59.9 Å². The number of thiazole rings is 1. The Morgan fingerprint density at radius 2 is 1.82 bits per heavy atom. The van der Waals surface area contributed by atoms with Crippen LogP contribution in [0.3, 0.4) is 0 Å². The fraction of sp³-hybridized carbons (Fsp3) is 0.375. The van der Waals surface area contributed by atoms with Crippen molar-refractivity contribution < 1.29 is 33.3 Å². The van der Waals surface area contributed by atoms with Gasteiger partial charge in [0.15, 0.2) is 22.9 Å². The van der Waals surface area contributed by atoms with E-state index in [1.165, 1.54) is 15.9 Å². The summed E-state index contributed by atoms with van der Waals surface area (Å²) in [5, 5.41) is 0. The van der Waals surface area contributed by atoms with E-state index in [1.807, 2.05) is 19.1 Å². The second-order valence-electron chi connectivity index (χ2n) is 10.1. The average molecular weight is 701 g/mol. The number of ether oxygens (including phenoxy) is 5. The number of hydrogen-bond donors (Lipinski definition) is 0. The van der Waals surface area contributed by atoms with Crippen LogP contribution in [0, 0.1) is 0 Å². The number of nitrogens with zero attached hydrogens (tertiary/aromatic N) is 3. The molecule has 3 heterocycles. The fourth-order valence-electron chi connectivity index (χ4n) is 5.16. The highest BCUT2D eigenvalue weighted by Gasteiger charge is 2.33. The molecule has 1 saturated heterocycles. The van der Waals surface area contributed by atoms with E-state index < -0.39 is 12.0 Å². The zero-order valence-electron chi connectivity index (χ0n) is 25.5. The van der Waals surface area contributed by atoms with Gasteiger partial charge in [0, 0.05) is 13.1 Å². The number of methoxy groups -OCH3 is 1. The summed E-state index contributed by atoms with van der Waals surface area (Å²) in [5.41, 5.74) is 1.85. The molecule has 3 aromatic rings. The van der Waals surface area contributed by atoms with Crippen LogP contribution in [-0.4, -0.2) is 74.6 Å². The van der Waals surface area contributed by atoms with Gasteiger partial charge in [-0.25, -0.2) is 9.79 Å². The number of esters is 1. The van der Waals surface area contributed by atoms with Gasteiger partial charge in [-0.1, -0.05) is 23.5 Å². The van der Waals surface area contributed by atoms with E-state index in [4.69, 9.17) is 23.7 Å². The molecular weight excluding hydrogens is 666 g/mol. The lowest BCUT2D eigenvalue weighted by atomic mass is 9.96. The normalized spacial score (nSPS) is 16.6. The molecule has 11 nitrogen and oxygen atoms in total. The van der Waals surface area contributed by atoms with Gasteiger partial charge in [-0.2, -0.15) is 0 Å². The lowest BCUT2D eigenvalue weighted by Crippen LogP contribution is -2.43. The van der Waals surface area contributed by atoms with E-state index in [9.17, 15) is 14.4 Å². The highest BCUT2D eigenvalue weighted by molar-refractivity contribution is 9.10. The SMILES string of the molecule is CCOC(=O)C1=C(C)N=c2s/c(=C/c3ccc(OCC(=O)N4CCOCC4)c(OCC)c3)c(=O)n2[C@H]1c1ccc(OC)c(Br)c1. The van der Waals surface area contributed by atoms with Crippen molar-refractivity contribution in [2.75, 3.05) is 53.2 Å². The number of fused-ring (bicyclic) bond motifs is 1. The molecule has 0 spiro atoms. The second-order valence-corrected chi connectivity index (χ2v) is 12.0. The maximum atomic E-state index is 14.0. The Bertz CT molecular complexity index is 1810. The summed E-state index contributed by atoms with van der Waals surface area (Å²) in [6.45, 7) is 7.87. The number of aromatic nitrogens is 1. The lowest BCUT2D eigenvalue weighted by Gasteiger charge is -2.26. The molecule has 45 heavy (non-hydrogen) atoms. The number of halogens is 1. The van der Waals surface area contributed by atoms with Crippen molar-refractivity contribution in [3.8, 4) is 17.2 Å². The van der Waals surface area contributed by atoms with Gasteiger partial charge in [0.2, 0.25) is 0 Å². The quantitative estimate of drug-likeness (QED) is 0.296. The van der Waals surface area contributed by atoms with Crippen molar-refractivity contribution in [2.24, 2.45) is 4.99 Å². The molecule has 0 N–H and O–H groups in total. The Hall–Kier alpha value is -3.94. The smallest absolute Gasteiger partial charge is 0.338 e. The van der Waals surface area contributed by atoms with Gasteiger partial charge in [0.25, 0.3) is 11.5 Å². The molecule has 1 amide bonds. The van der Waals surface area contributed by atoms with Crippen LogP contribution >= 0.6 is 27.3 Å². The number of carbonyl (C=O) groups is 2. The molecule has 238 valence electrons. The fourth-order valence-corrected chi connectivity index (χ4v) is 6.76. The first-order chi connectivity index (χ1) is 21.7. The predicted octanol–water partition coefficient (Wildman–Crippen LogP) is 3.21. The van der Waals surface area contributed by atoms with Gasteiger partial charge in [-0.3, -0.25) is 14.2 Å². The summed E-state index contributed by atoms with van der Waals surface area (Å²) < 4.78 is 30.4. The Morgan fingerprint density at radius 3 is 2.51 bits per heavy atom. The summed E-state index contributed by atoms with van der Waals surface area (Å²) in [6, 6.07) is 9.95. The number of allylic oxidation sites excluding steroid dienone is 1. The molecule has 1 atom stereocenters. The third-order valence-electron chi connectivity index (χ3n) is 7.29. The highest BCUT2D eigenvalue weighted by atomic mass is 79.9. The van der Waals surface area contributed by atoms with Crippen LogP contribution in [0.5, 0.6) is 17.2 Å². The standard InChI is InChI=1S/C32H34BrN3O8S/c1-5-42-25-15-20(7-9-24(25)44-18-27(37)35-11-13-41-14-12-35)16-26-30(38)36-29(21-8-10-23(40-4)22(33)17-21)28(31(39)43-6-2)19(3)34-32(36)45-26/h7-10,15-17,29H,5-6,11-14,18H2,1-4H3/b26-16+/t29-/m0/s1. The average Bonchev–Trinajstić information content (AvgIpc) is 3.34.